The molecule has 0 aromatic heterocycles. The molecular formula is C9H18O6. The van der Waals surface area contributed by atoms with Crippen LogP contribution >= 0.6 is 0 Å². The Morgan fingerprint density at radius 3 is 2.13 bits per heavy atom. The van der Waals surface area contributed by atoms with Crippen LogP contribution in [0.3, 0.4) is 0 Å². The second-order valence-electron chi connectivity index (χ2n) is 3.09. The molecule has 0 spiro atoms. The summed E-state index contributed by atoms with van der Waals surface area (Å²) in [5, 5.41) is 19.0. The van der Waals surface area contributed by atoms with Crippen molar-refractivity contribution in [1.29, 1.82) is 0 Å². The molecule has 0 aliphatic rings. The molecule has 0 heterocycles. The van der Waals surface area contributed by atoms with Gasteiger partial charge in [-0.3, -0.25) is 4.79 Å². The smallest absolute Gasteiger partial charge is 0.302 e. The fourth-order valence-corrected chi connectivity index (χ4v) is 1.13. The van der Waals surface area contributed by atoms with Gasteiger partial charge in [-0.1, -0.05) is 0 Å². The van der Waals surface area contributed by atoms with Crippen molar-refractivity contribution in [3.8, 4) is 0 Å². The average Bonchev–Trinajstić information content (AvgIpc) is 2.16. The largest absolute Gasteiger partial charge is 0.463 e. The van der Waals surface area contributed by atoms with E-state index in [4.69, 9.17) is 9.47 Å². The molecule has 3 atom stereocenters. The number of methoxy groups -OCH3 is 2. The third-order valence-electron chi connectivity index (χ3n) is 1.83. The molecule has 0 saturated carbocycles. The van der Waals surface area contributed by atoms with E-state index in [1.165, 1.54) is 21.1 Å². The van der Waals surface area contributed by atoms with Gasteiger partial charge in [0.25, 0.3) is 0 Å². The highest BCUT2D eigenvalue weighted by molar-refractivity contribution is 5.65. The van der Waals surface area contributed by atoms with Crippen molar-refractivity contribution in [3.63, 3.8) is 0 Å². The molecule has 0 radical (unpaired) electrons. The van der Waals surface area contributed by atoms with Gasteiger partial charge in [-0.25, -0.2) is 0 Å². The van der Waals surface area contributed by atoms with E-state index in [1.807, 2.05) is 0 Å². The topological polar surface area (TPSA) is 85.2 Å². The molecule has 0 aliphatic carbocycles. The van der Waals surface area contributed by atoms with Crippen LogP contribution in [-0.4, -0.2) is 61.9 Å². The van der Waals surface area contributed by atoms with E-state index < -0.39 is 24.3 Å². The first-order valence-corrected chi connectivity index (χ1v) is 4.54. The van der Waals surface area contributed by atoms with Crippen molar-refractivity contribution in [2.45, 2.75) is 25.2 Å². The second kappa shape index (κ2) is 7.58. The number of carbonyl (C=O) groups excluding carboxylic acids is 1. The Labute approximate surface area is 88.7 Å². The maximum atomic E-state index is 10.5. The van der Waals surface area contributed by atoms with E-state index in [0.717, 1.165) is 0 Å². The molecule has 0 aliphatic heterocycles. The Hall–Kier alpha value is -0.690. The van der Waals surface area contributed by atoms with Crippen molar-refractivity contribution in [2.75, 3.05) is 27.4 Å². The van der Waals surface area contributed by atoms with E-state index >= 15 is 0 Å². The monoisotopic (exact) mass is 222 g/mol. The van der Waals surface area contributed by atoms with Crippen LogP contribution in [0, 0.1) is 0 Å². The van der Waals surface area contributed by atoms with Crippen LogP contribution in [-0.2, 0) is 19.0 Å². The first kappa shape index (κ1) is 14.3. The number of esters is 1. The molecular weight excluding hydrogens is 204 g/mol. The highest BCUT2D eigenvalue weighted by Crippen LogP contribution is 2.06. The number of ether oxygens (including phenoxy) is 3. The highest BCUT2D eigenvalue weighted by Gasteiger charge is 2.27. The molecule has 90 valence electrons. The molecule has 0 aromatic carbocycles. The number of hydrogen-bond donors (Lipinski definition) is 2. The highest BCUT2D eigenvalue weighted by atomic mass is 16.6. The molecule has 0 aromatic rings. The van der Waals surface area contributed by atoms with Gasteiger partial charge in [0.05, 0.1) is 6.61 Å². The number of carbonyl (C=O) groups is 1. The lowest BCUT2D eigenvalue weighted by molar-refractivity contribution is -0.152. The summed E-state index contributed by atoms with van der Waals surface area (Å²) in [5.74, 6) is -0.495. The summed E-state index contributed by atoms with van der Waals surface area (Å²) in [6, 6.07) is 0. The summed E-state index contributed by atoms with van der Waals surface area (Å²) < 4.78 is 14.2. The van der Waals surface area contributed by atoms with Crippen molar-refractivity contribution in [1.82, 2.24) is 0 Å². The van der Waals surface area contributed by atoms with Gasteiger partial charge >= 0.3 is 5.97 Å². The molecule has 0 fully saturated rings. The third kappa shape index (κ3) is 5.68. The fourth-order valence-electron chi connectivity index (χ4n) is 1.13. The summed E-state index contributed by atoms with van der Waals surface area (Å²) in [6.07, 6.45) is -2.89. The van der Waals surface area contributed by atoms with Crippen molar-refractivity contribution < 1.29 is 29.2 Å². The second-order valence-corrected chi connectivity index (χ2v) is 3.09. The maximum absolute atomic E-state index is 10.5. The summed E-state index contributed by atoms with van der Waals surface area (Å²) in [5.41, 5.74) is 0. The minimum atomic E-state index is -1.08. The minimum absolute atomic E-state index is 0.0373. The Morgan fingerprint density at radius 2 is 1.73 bits per heavy atom. The Morgan fingerprint density at radius 1 is 1.20 bits per heavy atom. The number of hydrogen-bond acceptors (Lipinski definition) is 6. The zero-order chi connectivity index (χ0) is 11.8. The van der Waals surface area contributed by atoms with E-state index in [1.54, 1.807) is 0 Å². The van der Waals surface area contributed by atoms with Crippen LogP contribution in [0.25, 0.3) is 0 Å². The Balaban J connectivity index is 4.08. The minimum Gasteiger partial charge on any atom is -0.463 e. The summed E-state index contributed by atoms with van der Waals surface area (Å²) in [6.45, 7) is 1.06. The maximum Gasteiger partial charge on any atom is 0.302 e. The fraction of sp³-hybridized carbons (Fsp3) is 0.889. The van der Waals surface area contributed by atoms with Gasteiger partial charge in [-0.05, 0) is 0 Å². The van der Waals surface area contributed by atoms with Crippen molar-refractivity contribution in [2.24, 2.45) is 0 Å². The van der Waals surface area contributed by atoms with Crippen LogP contribution in [0.4, 0.5) is 0 Å². The lowest BCUT2D eigenvalue weighted by Gasteiger charge is -2.25. The third-order valence-corrected chi connectivity index (χ3v) is 1.83. The molecule has 6 heteroatoms. The summed E-state index contributed by atoms with van der Waals surface area (Å²) >= 11 is 0. The summed E-state index contributed by atoms with van der Waals surface area (Å²) in [7, 11) is 2.77. The van der Waals surface area contributed by atoms with Crippen LogP contribution in [0.5, 0.6) is 0 Å². The van der Waals surface area contributed by atoms with Crippen LogP contribution in [0.2, 0.25) is 0 Å². The lowest BCUT2D eigenvalue weighted by atomic mass is 10.1. The standard InChI is InChI=1S/C9H18O6/c1-6(10)15-5-8(12)9(14-3)7(11)4-13-2/h7-9,11-12H,4-5H2,1-3H3/t7-,8-,9-/m1/s1. The van der Waals surface area contributed by atoms with Gasteiger partial charge in [0.2, 0.25) is 0 Å². The van der Waals surface area contributed by atoms with Gasteiger partial charge in [-0.2, -0.15) is 0 Å². The number of aliphatic hydroxyl groups is 2. The molecule has 15 heavy (non-hydrogen) atoms. The number of aliphatic hydroxyl groups excluding tert-OH is 2. The molecule has 0 saturated heterocycles. The predicted octanol–water partition coefficient (Wildman–Crippen LogP) is -1.07. The van der Waals surface area contributed by atoms with Gasteiger partial charge in [0.1, 0.15) is 24.9 Å². The van der Waals surface area contributed by atoms with Gasteiger partial charge in [0.15, 0.2) is 0 Å². The zero-order valence-electron chi connectivity index (χ0n) is 9.17. The number of rotatable bonds is 7. The Bertz CT molecular complexity index is 183. The molecule has 6 nitrogen and oxygen atoms in total. The van der Waals surface area contributed by atoms with Gasteiger partial charge in [0, 0.05) is 21.1 Å². The van der Waals surface area contributed by atoms with Crippen LogP contribution in [0.1, 0.15) is 6.92 Å². The van der Waals surface area contributed by atoms with Crippen LogP contribution < -0.4 is 0 Å². The van der Waals surface area contributed by atoms with E-state index in [0.29, 0.717) is 0 Å². The normalized spacial score (nSPS) is 16.9. The van der Waals surface area contributed by atoms with E-state index in [9.17, 15) is 15.0 Å². The molecule has 0 rings (SSSR count). The SMILES string of the molecule is COC[C@@H](O)[C@@H](OC)[C@H](O)COC(C)=O. The quantitative estimate of drug-likeness (QED) is 0.534. The Kier molecular flexibility index (Phi) is 7.23. The van der Waals surface area contributed by atoms with E-state index in [2.05, 4.69) is 4.74 Å². The predicted molar refractivity (Wildman–Crippen MR) is 51.3 cm³/mol. The van der Waals surface area contributed by atoms with Crippen LogP contribution in [0.15, 0.2) is 0 Å². The molecule has 0 bridgehead atoms. The average molecular weight is 222 g/mol. The zero-order valence-corrected chi connectivity index (χ0v) is 9.17. The molecule has 2 N–H and O–H groups in total. The first-order valence-electron chi connectivity index (χ1n) is 4.54. The van der Waals surface area contributed by atoms with Gasteiger partial charge in [-0.15, -0.1) is 0 Å². The molecule has 0 amide bonds. The van der Waals surface area contributed by atoms with Gasteiger partial charge < -0.3 is 24.4 Å². The first-order chi connectivity index (χ1) is 7.02. The van der Waals surface area contributed by atoms with Crippen molar-refractivity contribution >= 4 is 5.97 Å². The van der Waals surface area contributed by atoms with Crippen molar-refractivity contribution in [3.05, 3.63) is 0 Å². The lowest BCUT2D eigenvalue weighted by Crippen LogP contribution is -2.43. The summed E-state index contributed by atoms with van der Waals surface area (Å²) in [4.78, 5) is 10.5. The van der Waals surface area contributed by atoms with E-state index in [-0.39, 0.29) is 13.2 Å². The molecule has 0 unspecified atom stereocenters.